The van der Waals surface area contributed by atoms with Crippen LogP contribution in [0.1, 0.15) is 36.5 Å². The molecule has 2 heterocycles. The van der Waals surface area contributed by atoms with Crippen LogP contribution < -0.4 is 10.2 Å². The van der Waals surface area contributed by atoms with Crippen LogP contribution >= 0.6 is 0 Å². The summed E-state index contributed by atoms with van der Waals surface area (Å²) >= 11 is 0. The molecule has 1 aliphatic rings. The summed E-state index contributed by atoms with van der Waals surface area (Å²) in [6.07, 6.45) is 1.88. The number of benzene rings is 1. The van der Waals surface area contributed by atoms with Gasteiger partial charge in [0.05, 0.1) is 6.61 Å². The Morgan fingerprint density at radius 2 is 1.85 bits per heavy atom. The molecule has 0 saturated heterocycles. The smallest absolute Gasteiger partial charge is 0.179 e. The molecule has 0 amide bonds. The second-order valence-corrected chi connectivity index (χ2v) is 6.76. The molecular weight excluding hydrogens is 340 g/mol. The van der Waals surface area contributed by atoms with Crippen LogP contribution in [0.3, 0.4) is 0 Å². The van der Waals surface area contributed by atoms with Gasteiger partial charge in [-0.3, -0.25) is 0 Å². The molecular formula is C20H20N6O. The van der Waals surface area contributed by atoms with Gasteiger partial charge in [-0.2, -0.15) is 10.5 Å². The summed E-state index contributed by atoms with van der Waals surface area (Å²) in [5.41, 5.74) is 3.45. The number of nitrogens with zero attached hydrogens (tertiary/aromatic N) is 5. The van der Waals surface area contributed by atoms with Crippen molar-refractivity contribution in [3.05, 3.63) is 52.6 Å². The lowest BCUT2D eigenvalue weighted by Gasteiger charge is -2.24. The third-order valence-corrected chi connectivity index (χ3v) is 4.75. The van der Waals surface area contributed by atoms with E-state index in [9.17, 15) is 10.5 Å². The molecule has 27 heavy (non-hydrogen) atoms. The van der Waals surface area contributed by atoms with Crippen molar-refractivity contribution in [1.82, 2.24) is 9.97 Å². The van der Waals surface area contributed by atoms with E-state index < -0.39 is 0 Å². The number of allylic oxidation sites excluding steroid dienone is 1. The van der Waals surface area contributed by atoms with E-state index in [0.29, 0.717) is 11.5 Å². The molecule has 1 aromatic carbocycles. The van der Waals surface area contributed by atoms with Gasteiger partial charge < -0.3 is 15.3 Å². The van der Waals surface area contributed by atoms with Crippen LogP contribution in [-0.4, -0.2) is 35.3 Å². The van der Waals surface area contributed by atoms with Crippen LogP contribution in [0.5, 0.6) is 0 Å². The van der Waals surface area contributed by atoms with E-state index in [4.69, 9.17) is 5.11 Å². The molecule has 1 aromatic heterocycles. The molecule has 7 heteroatoms. The monoisotopic (exact) mass is 360 g/mol. The first-order valence-corrected chi connectivity index (χ1v) is 8.56. The standard InChI is InChI=1S/C20H20N6O/c1-20(2)13-6-4-5-7-17(13)26(3)18(20)10-14-19(23-8-9-27)25-16(12-22)15(11-21)24-14/h4-7,10,27H,8-9H2,1-3H3,(H,23,25)/b18-10-. The minimum atomic E-state index is -0.262. The molecule has 0 radical (unpaired) electrons. The quantitative estimate of drug-likeness (QED) is 0.861. The Labute approximate surface area is 158 Å². The highest BCUT2D eigenvalue weighted by molar-refractivity contribution is 5.77. The van der Waals surface area contributed by atoms with E-state index in [-0.39, 0.29) is 30.0 Å². The minimum absolute atomic E-state index is 0.0186. The molecule has 0 atom stereocenters. The largest absolute Gasteiger partial charge is 0.395 e. The number of nitriles is 2. The molecule has 1 aliphatic heterocycles. The zero-order valence-corrected chi connectivity index (χ0v) is 15.5. The predicted molar refractivity (Wildman–Crippen MR) is 103 cm³/mol. The average Bonchev–Trinajstić information content (AvgIpc) is 2.87. The van der Waals surface area contributed by atoms with Gasteiger partial charge in [-0.05, 0) is 17.7 Å². The maximum absolute atomic E-state index is 9.30. The van der Waals surface area contributed by atoms with E-state index in [1.807, 2.05) is 37.4 Å². The third kappa shape index (κ3) is 3.10. The molecule has 136 valence electrons. The summed E-state index contributed by atoms with van der Waals surface area (Å²) in [4.78, 5) is 10.7. The molecule has 0 unspecified atom stereocenters. The van der Waals surface area contributed by atoms with Gasteiger partial charge in [0.25, 0.3) is 0 Å². The zero-order chi connectivity index (χ0) is 19.6. The van der Waals surface area contributed by atoms with Gasteiger partial charge in [0, 0.05) is 30.4 Å². The van der Waals surface area contributed by atoms with Gasteiger partial charge in [0.15, 0.2) is 17.2 Å². The summed E-state index contributed by atoms with van der Waals surface area (Å²) in [5.74, 6) is 0.368. The number of para-hydroxylation sites is 1. The van der Waals surface area contributed by atoms with Crippen molar-refractivity contribution >= 4 is 17.6 Å². The van der Waals surface area contributed by atoms with Gasteiger partial charge >= 0.3 is 0 Å². The van der Waals surface area contributed by atoms with E-state index in [2.05, 4.69) is 46.2 Å². The highest BCUT2D eigenvalue weighted by Crippen LogP contribution is 2.47. The number of anilines is 2. The predicted octanol–water partition coefficient (Wildman–Crippen LogP) is 2.39. The molecule has 0 saturated carbocycles. The number of nitrogens with one attached hydrogen (secondary N) is 1. The number of rotatable bonds is 4. The van der Waals surface area contributed by atoms with Crippen LogP contribution in [0.25, 0.3) is 6.08 Å². The molecule has 2 N–H and O–H groups in total. The number of aliphatic hydroxyl groups excluding tert-OH is 1. The molecule has 0 bridgehead atoms. The van der Waals surface area contributed by atoms with Gasteiger partial charge in [0.2, 0.25) is 0 Å². The van der Waals surface area contributed by atoms with E-state index in [1.165, 1.54) is 5.56 Å². The maximum atomic E-state index is 9.30. The highest BCUT2D eigenvalue weighted by atomic mass is 16.3. The zero-order valence-electron chi connectivity index (χ0n) is 15.5. The average molecular weight is 360 g/mol. The number of aliphatic hydroxyl groups is 1. The lowest BCUT2D eigenvalue weighted by atomic mass is 9.83. The second kappa shape index (κ2) is 7.06. The van der Waals surface area contributed by atoms with Crippen LogP contribution in [0.15, 0.2) is 30.0 Å². The van der Waals surface area contributed by atoms with Crippen LogP contribution in [-0.2, 0) is 5.41 Å². The summed E-state index contributed by atoms with van der Waals surface area (Å²) in [6.45, 7) is 4.44. The van der Waals surface area contributed by atoms with Crippen LogP contribution in [0, 0.1) is 22.7 Å². The summed E-state index contributed by atoms with van der Waals surface area (Å²) in [6, 6.07) is 12.0. The lowest BCUT2D eigenvalue weighted by Crippen LogP contribution is -2.23. The van der Waals surface area contributed by atoms with Crippen molar-refractivity contribution in [3.8, 4) is 12.1 Å². The Balaban J connectivity index is 2.17. The lowest BCUT2D eigenvalue weighted by molar-refractivity contribution is 0.311. The number of fused-ring (bicyclic) bond motifs is 1. The fourth-order valence-electron chi connectivity index (χ4n) is 3.40. The number of likely N-dealkylation sites (N-methyl/N-ethyl adjacent to an activating group) is 1. The summed E-state index contributed by atoms with van der Waals surface area (Å²) in [7, 11) is 1.99. The molecule has 0 aliphatic carbocycles. The van der Waals surface area contributed by atoms with Crippen molar-refractivity contribution in [1.29, 1.82) is 10.5 Å². The normalized spacial score (nSPS) is 15.9. The van der Waals surface area contributed by atoms with Crippen LogP contribution in [0.2, 0.25) is 0 Å². The van der Waals surface area contributed by atoms with Crippen molar-refractivity contribution < 1.29 is 5.11 Å². The number of hydrogen-bond acceptors (Lipinski definition) is 7. The second-order valence-electron chi connectivity index (χ2n) is 6.76. The van der Waals surface area contributed by atoms with Gasteiger partial charge in [-0.1, -0.05) is 32.0 Å². The first kappa shape index (κ1) is 18.4. The Hall–Kier alpha value is -3.42. The number of aromatic nitrogens is 2. The third-order valence-electron chi connectivity index (χ3n) is 4.75. The fraction of sp³-hybridized carbons (Fsp3) is 0.300. The first-order chi connectivity index (χ1) is 12.9. The molecule has 0 fully saturated rings. The van der Waals surface area contributed by atoms with E-state index in [0.717, 1.165) is 11.4 Å². The Morgan fingerprint density at radius 3 is 2.48 bits per heavy atom. The van der Waals surface area contributed by atoms with Gasteiger partial charge in [-0.15, -0.1) is 0 Å². The number of hydrogen-bond donors (Lipinski definition) is 2. The fourth-order valence-corrected chi connectivity index (χ4v) is 3.40. The Morgan fingerprint density at radius 1 is 1.19 bits per heavy atom. The molecule has 0 spiro atoms. The highest BCUT2D eigenvalue weighted by Gasteiger charge is 2.38. The maximum Gasteiger partial charge on any atom is 0.179 e. The Kier molecular flexibility index (Phi) is 4.81. The minimum Gasteiger partial charge on any atom is -0.395 e. The topological polar surface area (TPSA) is 109 Å². The molecule has 3 rings (SSSR count). The Bertz CT molecular complexity index is 997. The van der Waals surface area contributed by atoms with Crippen molar-refractivity contribution in [3.63, 3.8) is 0 Å². The van der Waals surface area contributed by atoms with Crippen molar-refractivity contribution in [2.75, 3.05) is 30.4 Å². The van der Waals surface area contributed by atoms with E-state index >= 15 is 0 Å². The molecule has 7 nitrogen and oxygen atoms in total. The SMILES string of the molecule is CN1/C(=C\c2nc(C#N)c(C#N)nc2NCCO)C(C)(C)c2ccccc21. The first-order valence-electron chi connectivity index (χ1n) is 8.56. The van der Waals surface area contributed by atoms with Gasteiger partial charge in [0.1, 0.15) is 17.8 Å². The van der Waals surface area contributed by atoms with Crippen molar-refractivity contribution in [2.45, 2.75) is 19.3 Å². The van der Waals surface area contributed by atoms with E-state index in [1.54, 1.807) is 0 Å². The van der Waals surface area contributed by atoms with Crippen LogP contribution in [0.4, 0.5) is 11.5 Å². The molecule has 2 aromatic rings. The van der Waals surface area contributed by atoms with Gasteiger partial charge in [-0.25, -0.2) is 9.97 Å². The van der Waals surface area contributed by atoms with Crippen molar-refractivity contribution in [2.24, 2.45) is 0 Å². The summed E-state index contributed by atoms with van der Waals surface area (Å²) < 4.78 is 0. The summed E-state index contributed by atoms with van der Waals surface area (Å²) in [5, 5.41) is 30.6.